The van der Waals surface area contributed by atoms with E-state index in [9.17, 15) is 9.59 Å². The highest BCUT2D eigenvalue weighted by Crippen LogP contribution is 2.35. The van der Waals surface area contributed by atoms with Crippen molar-refractivity contribution in [2.24, 2.45) is 0 Å². The SMILES string of the molecule is CN(C(=O)CCCNC(=O)c1ccc(Cl)cc1)C1CCc2ccccc21. The summed E-state index contributed by atoms with van der Waals surface area (Å²) in [6.45, 7) is 0.474. The molecule has 3 rings (SSSR count). The monoisotopic (exact) mass is 370 g/mol. The molecule has 1 N–H and O–H groups in total. The molecule has 0 heterocycles. The average molecular weight is 371 g/mol. The molecular formula is C21H23ClN2O2. The fraction of sp³-hybridized carbons (Fsp3) is 0.333. The van der Waals surface area contributed by atoms with Gasteiger partial charge < -0.3 is 10.2 Å². The Hall–Kier alpha value is -2.33. The van der Waals surface area contributed by atoms with Crippen LogP contribution in [-0.2, 0) is 11.2 Å². The minimum absolute atomic E-state index is 0.118. The van der Waals surface area contributed by atoms with E-state index in [2.05, 4.69) is 17.4 Å². The Bertz CT molecular complexity index is 789. The summed E-state index contributed by atoms with van der Waals surface area (Å²) in [4.78, 5) is 26.4. The first kappa shape index (κ1) is 18.5. The summed E-state index contributed by atoms with van der Waals surface area (Å²) in [5.41, 5.74) is 3.17. The van der Waals surface area contributed by atoms with Crippen molar-refractivity contribution in [3.8, 4) is 0 Å². The van der Waals surface area contributed by atoms with E-state index < -0.39 is 0 Å². The smallest absolute Gasteiger partial charge is 0.251 e. The molecule has 0 spiro atoms. The number of halogens is 1. The van der Waals surface area contributed by atoms with E-state index in [0.717, 1.165) is 12.8 Å². The van der Waals surface area contributed by atoms with Crippen LogP contribution in [0.2, 0.25) is 5.02 Å². The fourth-order valence-corrected chi connectivity index (χ4v) is 3.56. The Morgan fingerprint density at radius 2 is 1.88 bits per heavy atom. The van der Waals surface area contributed by atoms with Crippen molar-refractivity contribution in [3.63, 3.8) is 0 Å². The predicted molar refractivity (Wildman–Crippen MR) is 103 cm³/mol. The van der Waals surface area contributed by atoms with E-state index in [1.807, 2.05) is 24.1 Å². The Kier molecular flexibility index (Phi) is 5.94. The number of carbonyl (C=O) groups is 2. The lowest BCUT2D eigenvalue weighted by molar-refractivity contribution is -0.132. The van der Waals surface area contributed by atoms with Gasteiger partial charge >= 0.3 is 0 Å². The van der Waals surface area contributed by atoms with Crippen molar-refractivity contribution in [1.82, 2.24) is 10.2 Å². The van der Waals surface area contributed by atoms with Gasteiger partial charge in [-0.1, -0.05) is 35.9 Å². The van der Waals surface area contributed by atoms with Gasteiger partial charge in [-0.3, -0.25) is 9.59 Å². The molecule has 1 atom stereocenters. The van der Waals surface area contributed by atoms with Crippen molar-refractivity contribution in [2.75, 3.05) is 13.6 Å². The van der Waals surface area contributed by atoms with Gasteiger partial charge in [0.25, 0.3) is 5.91 Å². The van der Waals surface area contributed by atoms with Crippen molar-refractivity contribution in [2.45, 2.75) is 31.7 Å². The second-order valence-corrected chi connectivity index (χ2v) is 7.06. The summed E-state index contributed by atoms with van der Waals surface area (Å²) in [6, 6.07) is 15.3. The minimum atomic E-state index is -0.146. The Balaban J connectivity index is 1.44. The third-order valence-corrected chi connectivity index (χ3v) is 5.17. The van der Waals surface area contributed by atoms with E-state index in [1.54, 1.807) is 24.3 Å². The second kappa shape index (κ2) is 8.37. The molecule has 26 heavy (non-hydrogen) atoms. The molecule has 0 aromatic heterocycles. The summed E-state index contributed by atoms with van der Waals surface area (Å²) >= 11 is 5.82. The van der Waals surface area contributed by atoms with Crippen molar-refractivity contribution >= 4 is 23.4 Å². The molecule has 4 nitrogen and oxygen atoms in total. The standard InChI is InChI=1S/C21H23ClN2O2/c1-24(19-13-10-15-5-2-3-6-18(15)19)20(25)7-4-14-23-21(26)16-8-11-17(22)12-9-16/h2-3,5-6,8-9,11-12,19H,4,7,10,13-14H2,1H3,(H,23,26). The van der Waals surface area contributed by atoms with Gasteiger partial charge in [0, 0.05) is 30.6 Å². The van der Waals surface area contributed by atoms with Crippen LogP contribution in [0.3, 0.4) is 0 Å². The molecule has 0 radical (unpaired) electrons. The number of carbonyl (C=O) groups excluding carboxylic acids is 2. The Morgan fingerprint density at radius 3 is 2.65 bits per heavy atom. The molecule has 1 unspecified atom stereocenters. The number of amides is 2. The molecule has 1 aliphatic carbocycles. The third-order valence-electron chi connectivity index (χ3n) is 4.92. The number of nitrogens with zero attached hydrogens (tertiary/aromatic N) is 1. The first-order valence-corrected chi connectivity index (χ1v) is 9.31. The number of hydrogen-bond donors (Lipinski definition) is 1. The van der Waals surface area contributed by atoms with E-state index in [4.69, 9.17) is 11.6 Å². The van der Waals surface area contributed by atoms with Gasteiger partial charge in [0.05, 0.1) is 6.04 Å². The number of benzene rings is 2. The highest BCUT2D eigenvalue weighted by molar-refractivity contribution is 6.30. The van der Waals surface area contributed by atoms with Crippen LogP contribution in [0.5, 0.6) is 0 Å². The number of fused-ring (bicyclic) bond motifs is 1. The Labute approximate surface area is 159 Å². The maximum atomic E-state index is 12.5. The van der Waals surface area contributed by atoms with Crippen molar-refractivity contribution < 1.29 is 9.59 Å². The molecule has 2 aromatic carbocycles. The lowest BCUT2D eigenvalue weighted by Gasteiger charge is -2.25. The zero-order valence-electron chi connectivity index (χ0n) is 14.9. The summed E-state index contributed by atoms with van der Waals surface area (Å²) in [5, 5.41) is 3.45. The van der Waals surface area contributed by atoms with Crippen molar-refractivity contribution in [1.29, 1.82) is 0 Å². The van der Waals surface area contributed by atoms with Gasteiger partial charge in [0.1, 0.15) is 0 Å². The van der Waals surface area contributed by atoms with E-state index in [0.29, 0.717) is 30.0 Å². The summed E-state index contributed by atoms with van der Waals surface area (Å²) in [6.07, 6.45) is 3.05. The molecule has 0 fully saturated rings. The predicted octanol–water partition coefficient (Wildman–Crippen LogP) is 4.00. The van der Waals surface area contributed by atoms with E-state index >= 15 is 0 Å². The van der Waals surface area contributed by atoms with Crippen LogP contribution in [-0.4, -0.2) is 30.3 Å². The summed E-state index contributed by atoms with van der Waals surface area (Å²) < 4.78 is 0. The van der Waals surface area contributed by atoms with Crippen molar-refractivity contribution in [3.05, 3.63) is 70.2 Å². The average Bonchev–Trinajstić information content (AvgIpc) is 3.09. The lowest BCUT2D eigenvalue weighted by Crippen LogP contribution is -2.31. The van der Waals surface area contributed by atoms with Gasteiger partial charge in [0.15, 0.2) is 0 Å². The molecule has 2 aromatic rings. The largest absolute Gasteiger partial charge is 0.352 e. The fourth-order valence-electron chi connectivity index (χ4n) is 3.43. The van der Waals surface area contributed by atoms with Gasteiger partial charge in [-0.15, -0.1) is 0 Å². The number of rotatable bonds is 6. The van der Waals surface area contributed by atoms with Gasteiger partial charge in [0.2, 0.25) is 5.91 Å². The topological polar surface area (TPSA) is 49.4 Å². The number of hydrogen-bond acceptors (Lipinski definition) is 2. The molecule has 0 saturated carbocycles. The third kappa shape index (κ3) is 4.25. The molecule has 2 amide bonds. The first-order chi connectivity index (χ1) is 12.6. The molecule has 1 aliphatic rings. The zero-order valence-corrected chi connectivity index (χ0v) is 15.6. The second-order valence-electron chi connectivity index (χ2n) is 6.62. The van der Waals surface area contributed by atoms with E-state index in [1.165, 1.54) is 11.1 Å². The molecule has 136 valence electrons. The van der Waals surface area contributed by atoms with Gasteiger partial charge in [-0.2, -0.15) is 0 Å². The normalized spacial score (nSPS) is 15.4. The van der Waals surface area contributed by atoms with Gasteiger partial charge in [-0.25, -0.2) is 0 Å². The van der Waals surface area contributed by atoms with Crippen LogP contribution in [0.25, 0.3) is 0 Å². The maximum Gasteiger partial charge on any atom is 0.251 e. The van der Waals surface area contributed by atoms with Crippen LogP contribution in [0.1, 0.15) is 46.8 Å². The van der Waals surface area contributed by atoms with Crippen LogP contribution in [0, 0.1) is 0 Å². The molecule has 0 aliphatic heterocycles. The molecule has 5 heteroatoms. The molecule has 0 bridgehead atoms. The Morgan fingerprint density at radius 1 is 1.15 bits per heavy atom. The van der Waals surface area contributed by atoms with Crippen LogP contribution < -0.4 is 5.32 Å². The van der Waals surface area contributed by atoms with Crippen LogP contribution >= 0.6 is 11.6 Å². The maximum absolute atomic E-state index is 12.5. The van der Waals surface area contributed by atoms with Crippen LogP contribution in [0.4, 0.5) is 0 Å². The number of nitrogens with one attached hydrogen (secondary N) is 1. The molecular weight excluding hydrogens is 348 g/mol. The van der Waals surface area contributed by atoms with Gasteiger partial charge in [-0.05, 0) is 54.7 Å². The summed E-state index contributed by atoms with van der Waals surface area (Å²) in [7, 11) is 1.88. The van der Waals surface area contributed by atoms with Crippen LogP contribution in [0.15, 0.2) is 48.5 Å². The van der Waals surface area contributed by atoms with E-state index in [-0.39, 0.29) is 17.9 Å². The highest BCUT2D eigenvalue weighted by atomic mass is 35.5. The number of aryl methyl sites for hydroxylation is 1. The lowest BCUT2D eigenvalue weighted by atomic mass is 10.1. The molecule has 0 saturated heterocycles. The first-order valence-electron chi connectivity index (χ1n) is 8.93. The highest BCUT2D eigenvalue weighted by Gasteiger charge is 2.27. The quantitative estimate of drug-likeness (QED) is 0.781. The zero-order chi connectivity index (χ0) is 18.5. The minimum Gasteiger partial charge on any atom is -0.352 e. The summed E-state index contributed by atoms with van der Waals surface area (Å²) in [5.74, 6) is -0.0281.